The minimum atomic E-state index is -3.76. The van der Waals surface area contributed by atoms with Crippen molar-refractivity contribution in [2.75, 3.05) is 5.75 Å². The number of allylic oxidation sites excluding steroid dienone is 2. The van der Waals surface area contributed by atoms with E-state index in [2.05, 4.69) is 13.0 Å². The second-order valence-electron chi connectivity index (χ2n) is 3.75. The van der Waals surface area contributed by atoms with Gasteiger partial charge in [-0.15, -0.1) is 0 Å². The van der Waals surface area contributed by atoms with Crippen LogP contribution in [0.15, 0.2) is 12.2 Å². The normalized spacial score (nSPS) is 12.4. The molecule has 0 rings (SSSR count). The van der Waals surface area contributed by atoms with Crippen molar-refractivity contribution in [3.63, 3.8) is 0 Å². The average molecular weight is 234 g/mol. The lowest BCUT2D eigenvalue weighted by Gasteiger charge is -1.95. The molecule has 90 valence electrons. The van der Waals surface area contributed by atoms with Crippen LogP contribution >= 0.6 is 0 Å². The van der Waals surface area contributed by atoms with E-state index in [1.807, 2.05) is 6.08 Å². The van der Waals surface area contributed by atoms with Gasteiger partial charge in [-0.25, -0.2) is 0 Å². The molecule has 4 heteroatoms. The Kier molecular flexibility index (Phi) is 8.71. The van der Waals surface area contributed by atoms with Crippen molar-refractivity contribution < 1.29 is 13.0 Å². The summed E-state index contributed by atoms with van der Waals surface area (Å²) in [6.45, 7) is 2.19. The number of hydrogen-bond donors (Lipinski definition) is 1. The van der Waals surface area contributed by atoms with Gasteiger partial charge >= 0.3 is 0 Å². The SMILES string of the molecule is CCCCCCC=CCCCS(=O)(=O)O. The molecule has 0 aromatic rings. The van der Waals surface area contributed by atoms with E-state index in [1.165, 1.54) is 25.7 Å². The summed E-state index contributed by atoms with van der Waals surface area (Å²) in [5.41, 5.74) is 0. The quantitative estimate of drug-likeness (QED) is 0.379. The van der Waals surface area contributed by atoms with Gasteiger partial charge in [0.1, 0.15) is 0 Å². The van der Waals surface area contributed by atoms with Gasteiger partial charge in [0.2, 0.25) is 0 Å². The number of unbranched alkanes of at least 4 members (excludes halogenated alkanes) is 5. The highest BCUT2D eigenvalue weighted by Gasteiger charge is 2.01. The molecule has 15 heavy (non-hydrogen) atoms. The Bertz CT molecular complexity index is 255. The predicted molar refractivity (Wildman–Crippen MR) is 63.5 cm³/mol. The topological polar surface area (TPSA) is 54.4 Å². The summed E-state index contributed by atoms with van der Waals surface area (Å²) in [5, 5.41) is 0. The Hall–Kier alpha value is -0.350. The van der Waals surface area contributed by atoms with Gasteiger partial charge in [-0.1, -0.05) is 38.3 Å². The average Bonchev–Trinajstić information content (AvgIpc) is 2.14. The molecule has 0 aliphatic rings. The standard InChI is InChI=1S/C11H22O3S/c1-2-3-4-5-6-7-8-9-10-11-15(12,13)14/h7-8H,2-6,9-11H2,1H3,(H,12,13,14). The summed E-state index contributed by atoms with van der Waals surface area (Å²) < 4.78 is 29.2. The maximum Gasteiger partial charge on any atom is 0.264 e. The van der Waals surface area contributed by atoms with Crippen LogP contribution in [0.1, 0.15) is 51.9 Å². The van der Waals surface area contributed by atoms with E-state index < -0.39 is 10.1 Å². The van der Waals surface area contributed by atoms with Crippen LogP contribution < -0.4 is 0 Å². The molecule has 0 aromatic carbocycles. The van der Waals surface area contributed by atoms with Gasteiger partial charge in [-0.05, 0) is 25.7 Å². The molecule has 0 saturated heterocycles. The van der Waals surface area contributed by atoms with Crippen molar-refractivity contribution in [3.8, 4) is 0 Å². The minimum absolute atomic E-state index is 0.132. The van der Waals surface area contributed by atoms with Crippen LogP contribution in [0.3, 0.4) is 0 Å². The summed E-state index contributed by atoms with van der Waals surface area (Å²) in [5.74, 6) is -0.132. The van der Waals surface area contributed by atoms with Crippen molar-refractivity contribution in [3.05, 3.63) is 12.2 Å². The van der Waals surface area contributed by atoms with Crippen LogP contribution in [-0.4, -0.2) is 18.7 Å². The van der Waals surface area contributed by atoms with E-state index in [0.29, 0.717) is 6.42 Å². The first-order valence-corrected chi connectivity index (χ1v) is 7.27. The van der Waals surface area contributed by atoms with Crippen LogP contribution in [0.2, 0.25) is 0 Å². The highest BCUT2D eigenvalue weighted by molar-refractivity contribution is 7.85. The zero-order chi connectivity index (χ0) is 11.6. The third-order valence-corrected chi connectivity index (χ3v) is 2.97. The summed E-state index contributed by atoms with van der Waals surface area (Å²) in [7, 11) is -3.76. The highest BCUT2D eigenvalue weighted by Crippen LogP contribution is 2.04. The third-order valence-electron chi connectivity index (χ3n) is 2.16. The van der Waals surface area contributed by atoms with Crippen LogP contribution in [0.25, 0.3) is 0 Å². The molecule has 0 amide bonds. The largest absolute Gasteiger partial charge is 0.286 e. The first kappa shape index (κ1) is 14.6. The lowest BCUT2D eigenvalue weighted by atomic mass is 10.1. The fourth-order valence-corrected chi connectivity index (χ4v) is 1.84. The summed E-state index contributed by atoms with van der Waals surface area (Å²) in [4.78, 5) is 0. The molecule has 3 nitrogen and oxygen atoms in total. The Labute approximate surface area is 93.3 Å². The van der Waals surface area contributed by atoms with Gasteiger partial charge < -0.3 is 0 Å². The van der Waals surface area contributed by atoms with Crippen LogP contribution in [0.4, 0.5) is 0 Å². The molecular formula is C11H22O3S. The monoisotopic (exact) mass is 234 g/mol. The summed E-state index contributed by atoms with van der Waals surface area (Å²) >= 11 is 0. The van der Waals surface area contributed by atoms with E-state index in [1.54, 1.807) is 0 Å². The van der Waals surface area contributed by atoms with Crippen LogP contribution in [0.5, 0.6) is 0 Å². The lowest BCUT2D eigenvalue weighted by molar-refractivity contribution is 0.481. The first-order valence-electron chi connectivity index (χ1n) is 5.66. The molecule has 1 N–H and O–H groups in total. The van der Waals surface area contributed by atoms with Crippen molar-refractivity contribution in [2.45, 2.75) is 51.9 Å². The molecule has 0 aromatic heterocycles. The molecule has 0 aliphatic heterocycles. The van der Waals surface area contributed by atoms with E-state index in [-0.39, 0.29) is 5.75 Å². The predicted octanol–water partition coefficient (Wildman–Crippen LogP) is 3.18. The smallest absolute Gasteiger partial charge is 0.264 e. The van der Waals surface area contributed by atoms with E-state index in [4.69, 9.17) is 4.55 Å². The van der Waals surface area contributed by atoms with E-state index >= 15 is 0 Å². The summed E-state index contributed by atoms with van der Waals surface area (Å²) in [6, 6.07) is 0. The maximum absolute atomic E-state index is 10.4. The van der Waals surface area contributed by atoms with Gasteiger partial charge in [0.15, 0.2) is 0 Å². The highest BCUT2D eigenvalue weighted by atomic mass is 32.2. The Morgan fingerprint density at radius 1 is 1.00 bits per heavy atom. The number of hydrogen-bond acceptors (Lipinski definition) is 2. The van der Waals surface area contributed by atoms with E-state index in [0.717, 1.165) is 12.8 Å². The number of rotatable bonds is 9. The summed E-state index contributed by atoms with van der Waals surface area (Å²) in [6.07, 6.45) is 11.4. The van der Waals surface area contributed by atoms with Gasteiger partial charge in [0, 0.05) is 0 Å². The zero-order valence-electron chi connectivity index (χ0n) is 9.48. The maximum atomic E-state index is 10.4. The molecule has 0 bridgehead atoms. The molecule has 0 spiro atoms. The fourth-order valence-electron chi connectivity index (χ4n) is 1.31. The van der Waals surface area contributed by atoms with Crippen molar-refractivity contribution in [1.29, 1.82) is 0 Å². The van der Waals surface area contributed by atoms with Crippen molar-refractivity contribution in [2.24, 2.45) is 0 Å². The molecule has 0 fully saturated rings. The van der Waals surface area contributed by atoms with E-state index in [9.17, 15) is 8.42 Å². The third kappa shape index (κ3) is 13.7. The van der Waals surface area contributed by atoms with Crippen molar-refractivity contribution in [1.82, 2.24) is 0 Å². The van der Waals surface area contributed by atoms with Crippen LogP contribution in [0, 0.1) is 0 Å². The first-order chi connectivity index (χ1) is 7.06. The van der Waals surface area contributed by atoms with Gasteiger partial charge in [0.05, 0.1) is 5.75 Å². The van der Waals surface area contributed by atoms with Gasteiger partial charge in [-0.3, -0.25) is 4.55 Å². The fraction of sp³-hybridized carbons (Fsp3) is 0.818. The van der Waals surface area contributed by atoms with Gasteiger partial charge in [0.25, 0.3) is 10.1 Å². The Morgan fingerprint density at radius 3 is 2.13 bits per heavy atom. The molecule has 0 heterocycles. The second kappa shape index (κ2) is 8.92. The molecular weight excluding hydrogens is 212 g/mol. The molecule has 0 aliphatic carbocycles. The molecule has 0 saturated carbocycles. The lowest BCUT2D eigenvalue weighted by Crippen LogP contribution is -2.02. The minimum Gasteiger partial charge on any atom is -0.286 e. The zero-order valence-corrected chi connectivity index (χ0v) is 10.3. The van der Waals surface area contributed by atoms with Crippen molar-refractivity contribution >= 4 is 10.1 Å². The Balaban J connectivity index is 3.25. The molecule has 0 atom stereocenters. The molecule has 0 radical (unpaired) electrons. The second-order valence-corrected chi connectivity index (χ2v) is 5.32. The molecule has 0 unspecified atom stereocenters. The Morgan fingerprint density at radius 2 is 1.60 bits per heavy atom. The van der Waals surface area contributed by atoms with Gasteiger partial charge in [-0.2, -0.15) is 8.42 Å². The van der Waals surface area contributed by atoms with Crippen LogP contribution in [-0.2, 0) is 10.1 Å².